The van der Waals surface area contributed by atoms with Crippen LogP contribution in [0, 0.1) is 5.82 Å². The normalized spacial score (nSPS) is 17.0. The molecule has 0 spiro atoms. The predicted octanol–water partition coefficient (Wildman–Crippen LogP) is 3.38. The molecule has 2 aromatic rings. The fraction of sp³-hybridized carbons (Fsp3) is 0.278. The van der Waals surface area contributed by atoms with Crippen LogP contribution in [0.3, 0.4) is 0 Å². The van der Waals surface area contributed by atoms with Crippen molar-refractivity contribution in [2.45, 2.75) is 18.6 Å². The fourth-order valence-corrected chi connectivity index (χ4v) is 2.91. The summed E-state index contributed by atoms with van der Waals surface area (Å²) in [7, 11) is 0. The largest absolute Gasteiger partial charge is 0.416 e. The summed E-state index contributed by atoms with van der Waals surface area (Å²) in [6, 6.07) is 4.96. The van der Waals surface area contributed by atoms with Crippen molar-refractivity contribution in [1.29, 1.82) is 0 Å². The summed E-state index contributed by atoms with van der Waals surface area (Å²) in [5.74, 6) is -1.25. The maximum Gasteiger partial charge on any atom is 0.416 e. The zero-order chi connectivity index (χ0) is 19.6. The number of benzene rings is 1. The molecule has 1 saturated heterocycles. The number of hydrogen-bond acceptors (Lipinski definition) is 4. The number of hydrogen-bond donors (Lipinski definition) is 1. The van der Waals surface area contributed by atoms with E-state index in [2.05, 4.69) is 10.3 Å². The van der Waals surface area contributed by atoms with E-state index in [1.807, 2.05) is 0 Å². The van der Waals surface area contributed by atoms with Gasteiger partial charge in [0.15, 0.2) is 0 Å². The van der Waals surface area contributed by atoms with Gasteiger partial charge in [-0.2, -0.15) is 13.2 Å². The molecular weight excluding hydrogens is 366 g/mol. The number of rotatable bonds is 4. The molecule has 142 valence electrons. The van der Waals surface area contributed by atoms with E-state index in [1.165, 1.54) is 17.0 Å². The van der Waals surface area contributed by atoms with Gasteiger partial charge in [0.1, 0.15) is 17.9 Å². The monoisotopic (exact) mass is 381 g/mol. The Bertz CT molecular complexity index is 870. The van der Waals surface area contributed by atoms with Gasteiger partial charge in [0.05, 0.1) is 11.1 Å². The highest BCUT2D eigenvalue weighted by Gasteiger charge is 2.32. The summed E-state index contributed by atoms with van der Waals surface area (Å²) in [5, 5.41) is 2.87. The Morgan fingerprint density at radius 2 is 2.04 bits per heavy atom. The molecule has 27 heavy (non-hydrogen) atoms. The molecule has 0 unspecified atom stereocenters. The van der Waals surface area contributed by atoms with Crippen LogP contribution in [0.1, 0.15) is 32.7 Å². The summed E-state index contributed by atoms with van der Waals surface area (Å²) in [6.45, 7) is 0.488. The molecule has 0 bridgehead atoms. The maximum absolute atomic E-state index is 13.9. The van der Waals surface area contributed by atoms with E-state index in [9.17, 15) is 27.2 Å². The first-order valence-electron chi connectivity index (χ1n) is 8.11. The molecule has 1 aromatic heterocycles. The number of alkyl halides is 3. The summed E-state index contributed by atoms with van der Waals surface area (Å²) < 4.78 is 52.2. The summed E-state index contributed by atoms with van der Waals surface area (Å²) >= 11 is 0. The van der Waals surface area contributed by atoms with Gasteiger partial charge in [-0.05, 0) is 36.8 Å². The SMILES string of the molecule is O=Cc1ccc(F)c(C(=O)N2CC[C@@H](Nc3cc(C(F)(F)F)ccn3)C2)c1. The highest BCUT2D eigenvalue weighted by Crippen LogP contribution is 2.30. The molecule has 0 saturated carbocycles. The van der Waals surface area contributed by atoms with E-state index in [4.69, 9.17) is 0 Å². The number of pyridine rings is 1. The predicted molar refractivity (Wildman–Crippen MR) is 89.0 cm³/mol. The van der Waals surface area contributed by atoms with Crippen LogP contribution in [0.2, 0.25) is 0 Å². The quantitative estimate of drug-likeness (QED) is 0.652. The Balaban J connectivity index is 1.69. The molecule has 0 aliphatic carbocycles. The van der Waals surface area contributed by atoms with Crippen molar-refractivity contribution in [3.8, 4) is 0 Å². The average Bonchev–Trinajstić information content (AvgIpc) is 3.09. The average molecular weight is 381 g/mol. The number of carbonyl (C=O) groups is 2. The Morgan fingerprint density at radius 1 is 1.26 bits per heavy atom. The molecule has 2 heterocycles. The van der Waals surface area contributed by atoms with Crippen molar-refractivity contribution in [3.05, 3.63) is 59.0 Å². The number of anilines is 1. The lowest BCUT2D eigenvalue weighted by Crippen LogP contribution is -2.32. The van der Waals surface area contributed by atoms with Crippen molar-refractivity contribution in [2.75, 3.05) is 18.4 Å². The number of aldehydes is 1. The third-order valence-electron chi connectivity index (χ3n) is 4.27. The van der Waals surface area contributed by atoms with E-state index in [0.717, 1.165) is 24.4 Å². The third-order valence-corrected chi connectivity index (χ3v) is 4.27. The second-order valence-corrected chi connectivity index (χ2v) is 6.17. The van der Waals surface area contributed by atoms with Crippen molar-refractivity contribution in [2.24, 2.45) is 0 Å². The van der Waals surface area contributed by atoms with Gasteiger partial charge in [0.25, 0.3) is 5.91 Å². The molecule has 3 rings (SSSR count). The number of carbonyl (C=O) groups excluding carboxylic acids is 2. The molecule has 1 N–H and O–H groups in total. The van der Waals surface area contributed by atoms with Crippen molar-refractivity contribution in [3.63, 3.8) is 0 Å². The van der Waals surface area contributed by atoms with Crippen LogP contribution in [-0.4, -0.2) is 41.2 Å². The summed E-state index contributed by atoms with van der Waals surface area (Å²) in [6.07, 6.45) is -2.43. The zero-order valence-corrected chi connectivity index (χ0v) is 14.0. The number of aromatic nitrogens is 1. The second kappa shape index (κ2) is 7.34. The van der Waals surface area contributed by atoms with Crippen LogP contribution < -0.4 is 5.32 Å². The molecule has 1 amide bonds. The maximum atomic E-state index is 13.9. The molecular formula is C18H15F4N3O2. The first kappa shape index (κ1) is 18.8. The molecule has 9 heteroatoms. The second-order valence-electron chi connectivity index (χ2n) is 6.17. The van der Waals surface area contributed by atoms with Crippen molar-refractivity contribution >= 4 is 18.0 Å². The molecule has 1 aromatic carbocycles. The summed E-state index contributed by atoms with van der Waals surface area (Å²) in [4.78, 5) is 28.6. The lowest BCUT2D eigenvalue weighted by atomic mass is 10.1. The minimum atomic E-state index is -4.47. The van der Waals surface area contributed by atoms with E-state index in [0.29, 0.717) is 19.3 Å². The molecule has 0 radical (unpaired) electrons. The third kappa shape index (κ3) is 4.24. The first-order valence-corrected chi connectivity index (χ1v) is 8.11. The lowest BCUT2D eigenvalue weighted by Gasteiger charge is -2.18. The van der Waals surface area contributed by atoms with E-state index < -0.39 is 23.5 Å². The molecule has 1 aliphatic heterocycles. The van der Waals surface area contributed by atoms with Crippen LogP contribution in [0.4, 0.5) is 23.4 Å². The minimum Gasteiger partial charge on any atom is -0.365 e. The summed E-state index contributed by atoms with van der Waals surface area (Å²) in [5.41, 5.74) is -0.849. The fourth-order valence-electron chi connectivity index (χ4n) is 2.91. The number of nitrogens with zero attached hydrogens (tertiary/aromatic N) is 2. The topological polar surface area (TPSA) is 62.3 Å². The van der Waals surface area contributed by atoms with Crippen molar-refractivity contribution < 1.29 is 27.2 Å². The van der Waals surface area contributed by atoms with Crippen LogP contribution >= 0.6 is 0 Å². The highest BCUT2D eigenvalue weighted by molar-refractivity contribution is 5.96. The van der Waals surface area contributed by atoms with Gasteiger partial charge in [0, 0.05) is 30.9 Å². The van der Waals surface area contributed by atoms with Gasteiger partial charge in [-0.1, -0.05) is 0 Å². The molecule has 1 fully saturated rings. The van der Waals surface area contributed by atoms with Crippen LogP contribution in [0.25, 0.3) is 0 Å². The van der Waals surface area contributed by atoms with Crippen molar-refractivity contribution in [1.82, 2.24) is 9.88 Å². The van der Waals surface area contributed by atoms with Gasteiger partial charge in [-0.15, -0.1) is 0 Å². The van der Waals surface area contributed by atoms with Crippen LogP contribution in [0.5, 0.6) is 0 Å². The lowest BCUT2D eigenvalue weighted by molar-refractivity contribution is -0.137. The van der Waals surface area contributed by atoms with Gasteiger partial charge >= 0.3 is 6.18 Å². The molecule has 1 aliphatic rings. The number of nitrogens with one attached hydrogen (secondary N) is 1. The molecule has 5 nitrogen and oxygen atoms in total. The Hall–Kier alpha value is -2.97. The Morgan fingerprint density at radius 3 is 2.74 bits per heavy atom. The highest BCUT2D eigenvalue weighted by atomic mass is 19.4. The zero-order valence-electron chi connectivity index (χ0n) is 14.0. The van der Waals surface area contributed by atoms with E-state index in [1.54, 1.807) is 0 Å². The van der Waals surface area contributed by atoms with E-state index >= 15 is 0 Å². The standard InChI is InChI=1S/C18H15F4N3O2/c19-15-2-1-11(10-26)7-14(15)17(27)25-6-4-13(9-25)24-16-8-12(3-5-23-16)18(20,21)22/h1-3,5,7-8,10,13H,4,6,9H2,(H,23,24)/t13-/m1/s1. The van der Waals surface area contributed by atoms with Gasteiger partial charge in [-0.3, -0.25) is 9.59 Å². The number of amides is 1. The minimum absolute atomic E-state index is 0.0539. The van der Waals surface area contributed by atoms with Gasteiger partial charge in [-0.25, -0.2) is 9.37 Å². The van der Waals surface area contributed by atoms with Crippen LogP contribution in [-0.2, 0) is 6.18 Å². The first-order chi connectivity index (χ1) is 12.8. The van der Waals surface area contributed by atoms with Gasteiger partial charge in [0.2, 0.25) is 0 Å². The molecule has 1 atom stereocenters. The van der Waals surface area contributed by atoms with E-state index in [-0.39, 0.29) is 29.5 Å². The van der Waals surface area contributed by atoms with Crippen LogP contribution in [0.15, 0.2) is 36.5 Å². The number of halogens is 4. The number of likely N-dealkylation sites (tertiary alicyclic amines) is 1. The van der Waals surface area contributed by atoms with Gasteiger partial charge < -0.3 is 10.2 Å². The Kier molecular flexibility index (Phi) is 5.11. The Labute approximate surface area is 152 Å². The smallest absolute Gasteiger partial charge is 0.365 e.